The van der Waals surface area contributed by atoms with E-state index in [1.807, 2.05) is 32.1 Å². The molecule has 0 spiro atoms. The van der Waals surface area contributed by atoms with Gasteiger partial charge in [0.2, 0.25) is 0 Å². The van der Waals surface area contributed by atoms with Crippen LogP contribution in [0.3, 0.4) is 0 Å². The summed E-state index contributed by atoms with van der Waals surface area (Å²) < 4.78 is 0. The molecule has 1 aromatic rings. The molecule has 0 nitrogen and oxygen atoms in total. The molecule has 1 heterocycles. The van der Waals surface area contributed by atoms with Crippen molar-refractivity contribution in [3.8, 4) is 0 Å². The molecule has 0 amide bonds. The molecule has 0 aliphatic carbocycles. The summed E-state index contributed by atoms with van der Waals surface area (Å²) >= 11 is 1.86. The Bertz CT molecular complexity index is 244. The molecule has 12 heavy (non-hydrogen) atoms. The van der Waals surface area contributed by atoms with Gasteiger partial charge < -0.3 is 0 Å². The fraction of sp³-hybridized carbons (Fsp3) is 0.455. The molecule has 0 unspecified atom stereocenters. The molecule has 0 fully saturated rings. The molecule has 1 aromatic heterocycles. The lowest BCUT2D eigenvalue weighted by atomic mass is 10.2. The Labute approximate surface area is 79.9 Å². The number of hydrogen-bond acceptors (Lipinski definition) is 1. The maximum atomic E-state index is 2.22. The van der Waals surface area contributed by atoms with Gasteiger partial charge in [-0.25, -0.2) is 0 Å². The summed E-state index contributed by atoms with van der Waals surface area (Å²) in [5, 5.41) is 0. The average molecular weight is 182 g/mol. The van der Waals surface area contributed by atoms with Gasteiger partial charge in [-0.05, 0) is 32.4 Å². The Hall–Kier alpha value is -0.560. The minimum absolute atomic E-state index is 1.37. The first kappa shape index (κ1) is 11.4. The summed E-state index contributed by atoms with van der Waals surface area (Å²) in [5.74, 6) is 0. The lowest BCUT2D eigenvalue weighted by Gasteiger charge is -1.84. The fourth-order valence-corrected chi connectivity index (χ4v) is 1.91. The summed E-state index contributed by atoms with van der Waals surface area (Å²) in [6.07, 6.45) is 4.23. The van der Waals surface area contributed by atoms with Crippen molar-refractivity contribution >= 4 is 17.4 Å². The molecule has 0 atom stereocenters. The summed E-state index contributed by atoms with van der Waals surface area (Å²) in [6.45, 7) is 10.4. The van der Waals surface area contributed by atoms with Crippen LogP contribution in [0.2, 0.25) is 0 Å². The number of allylic oxidation sites excluding steroid dienone is 1. The third kappa shape index (κ3) is 3.22. The topological polar surface area (TPSA) is 0 Å². The highest BCUT2D eigenvalue weighted by Gasteiger charge is 1.96. The van der Waals surface area contributed by atoms with E-state index >= 15 is 0 Å². The Morgan fingerprint density at radius 3 is 2.17 bits per heavy atom. The van der Waals surface area contributed by atoms with E-state index in [1.54, 1.807) is 0 Å². The van der Waals surface area contributed by atoms with E-state index in [4.69, 9.17) is 0 Å². The lowest BCUT2D eigenvalue weighted by molar-refractivity contribution is 1.50. The predicted octanol–water partition coefficient (Wildman–Crippen LogP) is 4.42. The van der Waals surface area contributed by atoms with Crippen molar-refractivity contribution in [2.45, 2.75) is 34.6 Å². The van der Waals surface area contributed by atoms with Crippen molar-refractivity contribution < 1.29 is 0 Å². The van der Waals surface area contributed by atoms with E-state index in [0.717, 1.165) is 0 Å². The average Bonchev–Trinajstić information content (AvgIpc) is 2.35. The largest absolute Gasteiger partial charge is 0.145 e. The third-order valence-corrected chi connectivity index (χ3v) is 2.41. The maximum Gasteiger partial charge on any atom is 0.00892 e. The van der Waals surface area contributed by atoms with Gasteiger partial charge in [0, 0.05) is 9.75 Å². The zero-order valence-electron chi connectivity index (χ0n) is 8.64. The lowest BCUT2D eigenvalue weighted by Crippen LogP contribution is -1.65. The zero-order valence-corrected chi connectivity index (χ0v) is 9.46. The van der Waals surface area contributed by atoms with Crippen LogP contribution < -0.4 is 0 Å². The van der Waals surface area contributed by atoms with Crippen LogP contribution in [0.1, 0.15) is 36.1 Å². The van der Waals surface area contributed by atoms with Gasteiger partial charge in [-0.2, -0.15) is 0 Å². The first-order valence-electron chi connectivity index (χ1n) is 4.43. The zero-order chi connectivity index (χ0) is 9.56. The molecule has 1 rings (SSSR count). The summed E-state index contributed by atoms with van der Waals surface area (Å²) in [7, 11) is 0. The third-order valence-electron chi connectivity index (χ3n) is 1.43. The van der Waals surface area contributed by atoms with Crippen LogP contribution in [0, 0.1) is 13.8 Å². The quantitative estimate of drug-likeness (QED) is 0.603. The first-order valence-corrected chi connectivity index (χ1v) is 5.25. The van der Waals surface area contributed by atoms with Gasteiger partial charge in [0.1, 0.15) is 0 Å². The van der Waals surface area contributed by atoms with Gasteiger partial charge in [0.25, 0.3) is 0 Å². The number of aryl methyl sites for hydroxylation is 2. The van der Waals surface area contributed by atoms with Gasteiger partial charge in [-0.1, -0.05) is 26.0 Å². The van der Waals surface area contributed by atoms with Crippen LogP contribution in [0.25, 0.3) is 6.08 Å². The molecule has 0 aliphatic heterocycles. The van der Waals surface area contributed by atoms with Crippen molar-refractivity contribution in [2.75, 3.05) is 0 Å². The Morgan fingerprint density at radius 1 is 1.25 bits per heavy atom. The van der Waals surface area contributed by atoms with Crippen LogP contribution in [0.15, 0.2) is 12.1 Å². The summed E-state index contributed by atoms with van der Waals surface area (Å²) in [4.78, 5) is 2.81. The normalized spacial score (nSPS) is 9.75. The molecular formula is C11H18S. The molecule has 68 valence electrons. The molecule has 0 saturated carbocycles. The number of thiophene rings is 1. The van der Waals surface area contributed by atoms with E-state index in [0.29, 0.717) is 0 Å². The van der Waals surface area contributed by atoms with Crippen LogP contribution >= 0.6 is 11.3 Å². The highest BCUT2D eigenvalue weighted by atomic mass is 32.1. The van der Waals surface area contributed by atoms with Gasteiger partial charge in [0.05, 0.1) is 0 Å². The van der Waals surface area contributed by atoms with Crippen LogP contribution in [-0.2, 0) is 0 Å². The maximum absolute atomic E-state index is 2.22. The van der Waals surface area contributed by atoms with E-state index in [2.05, 4.69) is 32.1 Å². The second-order valence-corrected chi connectivity index (χ2v) is 3.83. The van der Waals surface area contributed by atoms with E-state index in [1.165, 1.54) is 15.3 Å². The minimum Gasteiger partial charge on any atom is -0.145 e. The van der Waals surface area contributed by atoms with Gasteiger partial charge in [-0.3, -0.25) is 0 Å². The van der Waals surface area contributed by atoms with Crippen molar-refractivity contribution in [3.63, 3.8) is 0 Å². The van der Waals surface area contributed by atoms with E-state index in [9.17, 15) is 0 Å². The predicted molar refractivity (Wildman–Crippen MR) is 59.8 cm³/mol. The Kier molecular flexibility index (Phi) is 5.73. The Balaban J connectivity index is 0.000000561. The van der Waals surface area contributed by atoms with Crippen LogP contribution in [0.4, 0.5) is 0 Å². The number of rotatable bonds is 1. The molecular weight excluding hydrogens is 164 g/mol. The first-order chi connectivity index (χ1) is 5.74. The van der Waals surface area contributed by atoms with Crippen molar-refractivity contribution in [3.05, 3.63) is 27.5 Å². The molecule has 0 bridgehead atoms. The molecule has 0 aromatic carbocycles. The minimum atomic E-state index is 1.37. The SMILES string of the molecule is C/C=C\c1cc(C)sc1C.CC. The highest BCUT2D eigenvalue weighted by molar-refractivity contribution is 7.12. The Morgan fingerprint density at radius 2 is 1.83 bits per heavy atom. The summed E-state index contributed by atoms with van der Waals surface area (Å²) in [6, 6.07) is 2.22. The van der Waals surface area contributed by atoms with Crippen molar-refractivity contribution in [1.29, 1.82) is 0 Å². The monoisotopic (exact) mass is 182 g/mol. The number of hydrogen-bond donors (Lipinski definition) is 0. The molecule has 1 heteroatoms. The smallest absolute Gasteiger partial charge is 0.00892 e. The van der Waals surface area contributed by atoms with Gasteiger partial charge in [-0.15, -0.1) is 11.3 Å². The standard InChI is InChI=1S/C9H12S.C2H6/c1-4-5-9-6-7(2)10-8(9)3;1-2/h4-6H,1-3H3;1-2H3/b5-4-;. The van der Waals surface area contributed by atoms with Crippen LogP contribution in [-0.4, -0.2) is 0 Å². The highest BCUT2D eigenvalue weighted by Crippen LogP contribution is 2.21. The van der Waals surface area contributed by atoms with Crippen LogP contribution in [0.5, 0.6) is 0 Å². The molecule has 0 N–H and O–H groups in total. The molecule has 0 aliphatic rings. The summed E-state index contributed by atoms with van der Waals surface area (Å²) in [5.41, 5.74) is 1.37. The van der Waals surface area contributed by atoms with E-state index in [-0.39, 0.29) is 0 Å². The van der Waals surface area contributed by atoms with E-state index < -0.39 is 0 Å². The van der Waals surface area contributed by atoms with Gasteiger partial charge >= 0.3 is 0 Å². The molecule has 0 saturated heterocycles. The molecule has 0 radical (unpaired) electrons. The van der Waals surface area contributed by atoms with Crippen molar-refractivity contribution in [2.24, 2.45) is 0 Å². The second-order valence-electron chi connectivity index (χ2n) is 2.37. The second kappa shape index (κ2) is 6.01. The van der Waals surface area contributed by atoms with Gasteiger partial charge in [0.15, 0.2) is 0 Å². The van der Waals surface area contributed by atoms with Crippen molar-refractivity contribution in [1.82, 2.24) is 0 Å². The fourth-order valence-electron chi connectivity index (χ4n) is 0.996.